The van der Waals surface area contributed by atoms with Crippen LogP contribution in [0, 0.1) is 5.92 Å². The molecule has 0 aliphatic heterocycles. The Morgan fingerprint density at radius 2 is 1.24 bits per heavy atom. The number of rotatable bonds is 13. The van der Waals surface area contributed by atoms with Crippen LogP contribution in [0.4, 0.5) is 0 Å². The quantitative estimate of drug-likeness (QED) is 0.306. The van der Waals surface area contributed by atoms with E-state index in [2.05, 4.69) is 13.8 Å². The second kappa shape index (κ2) is 13.7. The minimum atomic E-state index is 0.338. The fourth-order valence-corrected chi connectivity index (χ4v) is 2.37. The lowest BCUT2D eigenvalue weighted by Gasteiger charge is -2.08. The first-order valence-electron chi connectivity index (χ1n) is 7.80. The van der Waals surface area contributed by atoms with Gasteiger partial charge < -0.3 is 4.79 Å². The predicted octanol–water partition coefficient (Wildman–Crippen LogP) is 5.52. The second-order valence-corrected chi connectivity index (χ2v) is 5.30. The van der Waals surface area contributed by atoms with E-state index in [4.69, 9.17) is 0 Å². The van der Waals surface area contributed by atoms with Gasteiger partial charge in [0.05, 0.1) is 0 Å². The monoisotopic (exact) mass is 240 g/mol. The standard InChI is InChI=1S/C16H32O/c1-3-5-6-7-8-9-10-11-12-14-16(15-17)13-4-2/h15-16H,3-14H2,1-2H3. The first kappa shape index (κ1) is 16.7. The van der Waals surface area contributed by atoms with E-state index >= 15 is 0 Å². The van der Waals surface area contributed by atoms with E-state index in [1.165, 1.54) is 57.8 Å². The van der Waals surface area contributed by atoms with E-state index in [-0.39, 0.29) is 0 Å². The van der Waals surface area contributed by atoms with E-state index in [1.54, 1.807) is 0 Å². The highest BCUT2D eigenvalue weighted by atomic mass is 16.1. The summed E-state index contributed by atoms with van der Waals surface area (Å²) in [6.07, 6.45) is 16.8. The van der Waals surface area contributed by atoms with Crippen LogP contribution in [0.1, 0.15) is 90.9 Å². The van der Waals surface area contributed by atoms with Crippen LogP contribution in [-0.2, 0) is 4.79 Å². The molecule has 0 radical (unpaired) electrons. The molecule has 102 valence electrons. The molecule has 0 aliphatic carbocycles. The molecule has 1 atom stereocenters. The molecule has 1 heteroatoms. The van der Waals surface area contributed by atoms with Crippen molar-refractivity contribution >= 4 is 6.29 Å². The number of unbranched alkanes of at least 4 members (excludes halogenated alkanes) is 8. The maximum Gasteiger partial charge on any atom is 0.123 e. The largest absolute Gasteiger partial charge is 0.303 e. The van der Waals surface area contributed by atoms with Crippen molar-refractivity contribution in [2.24, 2.45) is 5.92 Å². The van der Waals surface area contributed by atoms with E-state index < -0.39 is 0 Å². The molecule has 0 aromatic heterocycles. The van der Waals surface area contributed by atoms with Crippen molar-refractivity contribution in [1.29, 1.82) is 0 Å². The average molecular weight is 240 g/mol. The zero-order valence-corrected chi connectivity index (χ0v) is 12.0. The molecule has 1 nitrogen and oxygen atoms in total. The summed E-state index contributed by atoms with van der Waals surface area (Å²) in [5, 5.41) is 0. The molecule has 0 spiro atoms. The number of carbonyl (C=O) groups is 1. The Kier molecular flexibility index (Phi) is 13.5. The summed E-state index contributed by atoms with van der Waals surface area (Å²) in [5.41, 5.74) is 0. The van der Waals surface area contributed by atoms with Gasteiger partial charge in [-0.05, 0) is 12.8 Å². The fraction of sp³-hybridized carbons (Fsp3) is 0.938. The predicted molar refractivity (Wildman–Crippen MR) is 76.3 cm³/mol. The molecule has 0 aliphatic rings. The molecule has 0 saturated heterocycles. The Morgan fingerprint density at radius 1 is 0.706 bits per heavy atom. The molecular weight excluding hydrogens is 208 g/mol. The van der Waals surface area contributed by atoms with Gasteiger partial charge in [-0.1, -0.05) is 78.1 Å². The van der Waals surface area contributed by atoms with Gasteiger partial charge in [0.1, 0.15) is 6.29 Å². The zero-order valence-electron chi connectivity index (χ0n) is 12.0. The van der Waals surface area contributed by atoms with Crippen molar-refractivity contribution in [3.05, 3.63) is 0 Å². The van der Waals surface area contributed by atoms with Crippen molar-refractivity contribution in [3.8, 4) is 0 Å². The van der Waals surface area contributed by atoms with Crippen LogP contribution in [-0.4, -0.2) is 6.29 Å². The summed E-state index contributed by atoms with van der Waals surface area (Å²) < 4.78 is 0. The van der Waals surface area contributed by atoms with Gasteiger partial charge in [0.2, 0.25) is 0 Å². The van der Waals surface area contributed by atoms with Gasteiger partial charge in [0.15, 0.2) is 0 Å². The third-order valence-corrected chi connectivity index (χ3v) is 3.53. The van der Waals surface area contributed by atoms with E-state index in [1.807, 2.05) is 0 Å². The summed E-state index contributed by atoms with van der Waals surface area (Å²) in [6, 6.07) is 0. The van der Waals surface area contributed by atoms with Crippen molar-refractivity contribution in [2.45, 2.75) is 90.9 Å². The first-order chi connectivity index (χ1) is 8.35. The van der Waals surface area contributed by atoms with Crippen LogP contribution in [0.15, 0.2) is 0 Å². The summed E-state index contributed by atoms with van der Waals surface area (Å²) in [5.74, 6) is 0.338. The molecule has 0 bridgehead atoms. The Labute approximate surface area is 108 Å². The Morgan fingerprint density at radius 3 is 1.71 bits per heavy atom. The maximum absolute atomic E-state index is 10.8. The average Bonchev–Trinajstić information content (AvgIpc) is 2.35. The van der Waals surface area contributed by atoms with Gasteiger partial charge in [-0.25, -0.2) is 0 Å². The van der Waals surface area contributed by atoms with E-state index in [0.29, 0.717) is 5.92 Å². The number of hydrogen-bond acceptors (Lipinski definition) is 1. The van der Waals surface area contributed by atoms with Gasteiger partial charge in [0.25, 0.3) is 0 Å². The zero-order chi connectivity index (χ0) is 12.8. The highest BCUT2D eigenvalue weighted by Gasteiger charge is 2.04. The molecule has 0 amide bonds. The van der Waals surface area contributed by atoms with E-state index in [9.17, 15) is 4.79 Å². The van der Waals surface area contributed by atoms with Crippen LogP contribution >= 0.6 is 0 Å². The van der Waals surface area contributed by atoms with Gasteiger partial charge in [-0.2, -0.15) is 0 Å². The lowest BCUT2D eigenvalue weighted by atomic mass is 9.97. The first-order valence-corrected chi connectivity index (χ1v) is 7.80. The van der Waals surface area contributed by atoms with Gasteiger partial charge in [-0.15, -0.1) is 0 Å². The third kappa shape index (κ3) is 11.9. The van der Waals surface area contributed by atoms with Crippen molar-refractivity contribution < 1.29 is 4.79 Å². The Hall–Kier alpha value is -0.330. The smallest absolute Gasteiger partial charge is 0.123 e. The Bertz CT molecular complexity index is 154. The van der Waals surface area contributed by atoms with Crippen LogP contribution in [0.5, 0.6) is 0 Å². The molecule has 0 saturated carbocycles. The molecular formula is C16H32O. The van der Waals surface area contributed by atoms with Crippen molar-refractivity contribution in [1.82, 2.24) is 0 Å². The number of hydrogen-bond donors (Lipinski definition) is 0. The molecule has 0 N–H and O–H groups in total. The lowest BCUT2D eigenvalue weighted by Crippen LogP contribution is -2.01. The SMILES string of the molecule is CCCCCCCCCCCC(C=O)CCC. The second-order valence-electron chi connectivity index (χ2n) is 5.30. The molecule has 0 aromatic carbocycles. The van der Waals surface area contributed by atoms with Crippen LogP contribution in [0.3, 0.4) is 0 Å². The molecule has 17 heavy (non-hydrogen) atoms. The van der Waals surface area contributed by atoms with Gasteiger partial charge >= 0.3 is 0 Å². The Balaban J connectivity index is 3.14. The highest BCUT2D eigenvalue weighted by molar-refractivity contribution is 5.53. The highest BCUT2D eigenvalue weighted by Crippen LogP contribution is 2.15. The van der Waals surface area contributed by atoms with Gasteiger partial charge in [0, 0.05) is 5.92 Å². The summed E-state index contributed by atoms with van der Waals surface area (Å²) >= 11 is 0. The number of carbonyl (C=O) groups excluding carboxylic acids is 1. The fourth-order valence-electron chi connectivity index (χ4n) is 2.37. The molecule has 1 unspecified atom stereocenters. The topological polar surface area (TPSA) is 17.1 Å². The minimum Gasteiger partial charge on any atom is -0.303 e. The summed E-state index contributed by atoms with van der Waals surface area (Å²) in [7, 11) is 0. The molecule has 0 fully saturated rings. The van der Waals surface area contributed by atoms with Crippen molar-refractivity contribution in [3.63, 3.8) is 0 Å². The normalized spacial score (nSPS) is 12.6. The number of aldehydes is 1. The summed E-state index contributed by atoms with van der Waals surface area (Å²) in [6.45, 7) is 4.42. The third-order valence-electron chi connectivity index (χ3n) is 3.53. The maximum atomic E-state index is 10.8. The van der Waals surface area contributed by atoms with E-state index in [0.717, 1.165) is 25.5 Å². The van der Waals surface area contributed by atoms with Crippen molar-refractivity contribution in [2.75, 3.05) is 0 Å². The molecule has 0 aromatic rings. The minimum absolute atomic E-state index is 0.338. The van der Waals surface area contributed by atoms with Gasteiger partial charge in [-0.3, -0.25) is 0 Å². The van der Waals surface area contributed by atoms with Crippen LogP contribution in [0.25, 0.3) is 0 Å². The summed E-state index contributed by atoms with van der Waals surface area (Å²) in [4.78, 5) is 10.8. The van der Waals surface area contributed by atoms with Crippen LogP contribution < -0.4 is 0 Å². The van der Waals surface area contributed by atoms with Crippen LogP contribution in [0.2, 0.25) is 0 Å². The molecule has 0 heterocycles. The molecule has 0 rings (SSSR count). The lowest BCUT2D eigenvalue weighted by molar-refractivity contribution is -0.111.